The normalized spacial score (nSPS) is 12.6. The summed E-state index contributed by atoms with van der Waals surface area (Å²) < 4.78 is 11.0. The van der Waals surface area contributed by atoms with Crippen LogP contribution in [0.1, 0.15) is 29.2 Å². The third-order valence-corrected chi connectivity index (χ3v) is 4.92. The van der Waals surface area contributed by atoms with Gasteiger partial charge in [0.05, 0.1) is 13.7 Å². The predicted molar refractivity (Wildman–Crippen MR) is 110 cm³/mol. The van der Waals surface area contributed by atoms with Gasteiger partial charge in [-0.3, -0.25) is 4.99 Å². The summed E-state index contributed by atoms with van der Waals surface area (Å²) in [5, 5.41) is 6.81. The standard InChI is InChI=1S/C20H29N3O2S/c1-6-25-19-12-16(8-10-18(19)24-5)13-22-20(21-4)23-14(2)11-17-9-7-15(3)26-17/h7-10,12,14H,6,11,13H2,1-5H3,(H2,21,22,23). The van der Waals surface area contributed by atoms with E-state index in [0.717, 1.165) is 29.4 Å². The maximum absolute atomic E-state index is 5.64. The molecule has 1 unspecified atom stereocenters. The van der Waals surface area contributed by atoms with Crippen LogP contribution in [-0.4, -0.2) is 32.8 Å². The van der Waals surface area contributed by atoms with Crippen LogP contribution in [0.25, 0.3) is 0 Å². The minimum absolute atomic E-state index is 0.300. The molecule has 0 radical (unpaired) electrons. The zero-order valence-electron chi connectivity index (χ0n) is 16.3. The Labute approximate surface area is 160 Å². The lowest BCUT2D eigenvalue weighted by molar-refractivity contribution is 0.310. The quantitative estimate of drug-likeness (QED) is 0.545. The molecule has 0 fully saturated rings. The van der Waals surface area contributed by atoms with Gasteiger partial charge in [0.1, 0.15) is 0 Å². The number of nitrogens with zero attached hydrogens (tertiary/aromatic N) is 1. The van der Waals surface area contributed by atoms with Gasteiger partial charge in [-0.2, -0.15) is 0 Å². The van der Waals surface area contributed by atoms with Gasteiger partial charge in [0, 0.05) is 35.8 Å². The van der Waals surface area contributed by atoms with Crippen molar-refractivity contribution in [1.29, 1.82) is 0 Å². The van der Waals surface area contributed by atoms with E-state index < -0.39 is 0 Å². The Balaban J connectivity index is 1.90. The highest BCUT2D eigenvalue weighted by Crippen LogP contribution is 2.28. The number of ether oxygens (including phenoxy) is 2. The van der Waals surface area contributed by atoms with E-state index in [1.54, 1.807) is 14.2 Å². The Morgan fingerprint density at radius 1 is 1.23 bits per heavy atom. The molecule has 0 aliphatic carbocycles. The van der Waals surface area contributed by atoms with Crippen molar-refractivity contribution in [1.82, 2.24) is 10.6 Å². The zero-order chi connectivity index (χ0) is 18.9. The molecule has 1 aromatic carbocycles. The van der Waals surface area contributed by atoms with Gasteiger partial charge in [-0.15, -0.1) is 11.3 Å². The number of thiophene rings is 1. The summed E-state index contributed by atoms with van der Waals surface area (Å²) in [4.78, 5) is 7.05. The Bertz CT molecular complexity index is 728. The summed E-state index contributed by atoms with van der Waals surface area (Å²) in [6.07, 6.45) is 0.982. The van der Waals surface area contributed by atoms with Crippen molar-refractivity contribution in [2.45, 2.75) is 39.8 Å². The van der Waals surface area contributed by atoms with Crippen LogP contribution in [0.3, 0.4) is 0 Å². The van der Waals surface area contributed by atoms with Gasteiger partial charge < -0.3 is 20.1 Å². The topological polar surface area (TPSA) is 54.9 Å². The summed E-state index contributed by atoms with van der Waals surface area (Å²) in [6.45, 7) is 7.54. The van der Waals surface area contributed by atoms with Gasteiger partial charge in [-0.1, -0.05) is 6.07 Å². The van der Waals surface area contributed by atoms with Crippen molar-refractivity contribution in [2.24, 2.45) is 4.99 Å². The second-order valence-electron chi connectivity index (χ2n) is 6.11. The van der Waals surface area contributed by atoms with Crippen molar-refractivity contribution in [2.75, 3.05) is 20.8 Å². The van der Waals surface area contributed by atoms with Crippen LogP contribution in [0, 0.1) is 6.92 Å². The van der Waals surface area contributed by atoms with Gasteiger partial charge >= 0.3 is 0 Å². The number of guanidine groups is 1. The van der Waals surface area contributed by atoms with Crippen LogP contribution in [-0.2, 0) is 13.0 Å². The van der Waals surface area contributed by atoms with Crippen LogP contribution in [0.15, 0.2) is 35.3 Å². The van der Waals surface area contributed by atoms with Gasteiger partial charge in [-0.05, 0) is 50.6 Å². The summed E-state index contributed by atoms with van der Waals surface area (Å²) in [5.41, 5.74) is 1.11. The number of hydrogen-bond acceptors (Lipinski definition) is 4. The fourth-order valence-corrected chi connectivity index (χ4v) is 3.68. The fourth-order valence-electron chi connectivity index (χ4n) is 2.66. The molecule has 6 heteroatoms. The molecule has 0 aliphatic heterocycles. The van der Waals surface area contributed by atoms with Crippen molar-refractivity contribution < 1.29 is 9.47 Å². The highest BCUT2D eigenvalue weighted by Gasteiger charge is 2.09. The number of aliphatic imine (C=N–C) groups is 1. The maximum atomic E-state index is 5.64. The Morgan fingerprint density at radius 3 is 2.65 bits per heavy atom. The fraction of sp³-hybridized carbons (Fsp3) is 0.450. The number of methoxy groups -OCH3 is 1. The van der Waals surface area contributed by atoms with E-state index in [2.05, 4.69) is 41.6 Å². The molecular formula is C20H29N3O2S. The average molecular weight is 376 g/mol. The Hall–Kier alpha value is -2.21. The lowest BCUT2D eigenvalue weighted by Gasteiger charge is -2.18. The summed E-state index contributed by atoms with van der Waals surface area (Å²) in [7, 11) is 3.44. The van der Waals surface area contributed by atoms with Crippen molar-refractivity contribution >= 4 is 17.3 Å². The van der Waals surface area contributed by atoms with Crippen LogP contribution in [0.5, 0.6) is 11.5 Å². The SMILES string of the molecule is CCOc1cc(CNC(=NC)NC(C)Cc2ccc(C)s2)ccc1OC. The van der Waals surface area contributed by atoms with Crippen LogP contribution in [0.4, 0.5) is 0 Å². The van der Waals surface area contributed by atoms with Gasteiger partial charge in [0.2, 0.25) is 0 Å². The molecule has 2 rings (SSSR count). The third-order valence-electron chi connectivity index (χ3n) is 3.90. The maximum Gasteiger partial charge on any atom is 0.191 e. The van der Waals surface area contributed by atoms with Gasteiger partial charge in [0.15, 0.2) is 17.5 Å². The van der Waals surface area contributed by atoms with E-state index in [-0.39, 0.29) is 0 Å². The largest absolute Gasteiger partial charge is 0.493 e. The Morgan fingerprint density at radius 2 is 2.04 bits per heavy atom. The molecule has 0 amide bonds. The minimum atomic E-state index is 0.300. The average Bonchev–Trinajstić information content (AvgIpc) is 3.03. The molecule has 0 saturated carbocycles. The molecule has 1 atom stereocenters. The molecule has 0 saturated heterocycles. The molecule has 2 aromatic rings. The molecule has 0 aliphatic rings. The van der Waals surface area contributed by atoms with E-state index in [9.17, 15) is 0 Å². The molecule has 2 N–H and O–H groups in total. The van der Waals surface area contributed by atoms with Gasteiger partial charge in [0.25, 0.3) is 0 Å². The molecular weight excluding hydrogens is 346 g/mol. The highest BCUT2D eigenvalue weighted by molar-refractivity contribution is 7.11. The molecule has 5 nitrogen and oxygen atoms in total. The first-order valence-corrected chi connectivity index (χ1v) is 9.69. The van der Waals surface area contributed by atoms with E-state index >= 15 is 0 Å². The molecule has 0 bridgehead atoms. The highest BCUT2D eigenvalue weighted by atomic mass is 32.1. The first kappa shape index (κ1) is 20.1. The van der Waals surface area contributed by atoms with E-state index in [1.807, 2.05) is 36.5 Å². The van der Waals surface area contributed by atoms with E-state index in [1.165, 1.54) is 9.75 Å². The first-order valence-electron chi connectivity index (χ1n) is 8.87. The lowest BCUT2D eigenvalue weighted by Crippen LogP contribution is -2.42. The van der Waals surface area contributed by atoms with Crippen LogP contribution in [0.2, 0.25) is 0 Å². The molecule has 0 spiro atoms. The summed E-state index contributed by atoms with van der Waals surface area (Å²) >= 11 is 1.84. The second kappa shape index (κ2) is 10.1. The van der Waals surface area contributed by atoms with Crippen molar-refractivity contribution in [3.05, 3.63) is 45.6 Å². The van der Waals surface area contributed by atoms with Gasteiger partial charge in [-0.25, -0.2) is 0 Å². The van der Waals surface area contributed by atoms with Crippen LogP contribution < -0.4 is 20.1 Å². The van der Waals surface area contributed by atoms with Crippen molar-refractivity contribution in [3.8, 4) is 11.5 Å². The smallest absolute Gasteiger partial charge is 0.191 e. The zero-order valence-corrected chi connectivity index (χ0v) is 17.1. The summed E-state index contributed by atoms with van der Waals surface area (Å²) in [5.74, 6) is 2.30. The monoisotopic (exact) mass is 375 g/mol. The number of hydrogen-bond donors (Lipinski definition) is 2. The second-order valence-corrected chi connectivity index (χ2v) is 7.48. The lowest BCUT2D eigenvalue weighted by atomic mass is 10.2. The van der Waals surface area contributed by atoms with Crippen molar-refractivity contribution in [3.63, 3.8) is 0 Å². The third kappa shape index (κ3) is 5.95. The van der Waals surface area contributed by atoms with E-state index in [4.69, 9.17) is 9.47 Å². The van der Waals surface area contributed by atoms with Crippen LogP contribution >= 0.6 is 11.3 Å². The minimum Gasteiger partial charge on any atom is -0.493 e. The number of rotatable bonds is 8. The molecule has 26 heavy (non-hydrogen) atoms. The number of benzene rings is 1. The summed E-state index contributed by atoms with van der Waals surface area (Å²) in [6, 6.07) is 10.6. The molecule has 1 heterocycles. The van der Waals surface area contributed by atoms with E-state index in [0.29, 0.717) is 19.2 Å². The number of nitrogens with one attached hydrogen (secondary N) is 2. The predicted octanol–water partition coefficient (Wildman–Crippen LogP) is 3.76. The Kier molecular flexibility index (Phi) is 7.78. The first-order chi connectivity index (χ1) is 12.5. The molecule has 142 valence electrons. The number of aryl methyl sites for hydroxylation is 1. The molecule has 1 aromatic heterocycles.